The summed E-state index contributed by atoms with van der Waals surface area (Å²) in [5, 5.41) is 31.8. The van der Waals surface area contributed by atoms with E-state index in [0.717, 1.165) is 43.3 Å². The van der Waals surface area contributed by atoms with Gasteiger partial charge in [-0.3, -0.25) is 0 Å². The molecule has 1 aromatic carbocycles. The van der Waals surface area contributed by atoms with Gasteiger partial charge in [0.1, 0.15) is 5.76 Å². The third-order valence-electron chi connectivity index (χ3n) is 7.53. The van der Waals surface area contributed by atoms with Crippen LogP contribution < -0.4 is 0 Å². The number of benzene rings is 1. The van der Waals surface area contributed by atoms with Crippen LogP contribution in [0.25, 0.3) is 5.57 Å². The lowest BCUT2D eigenvalue weighted by Crippen LogP contribution is -2.22. The van der Waals surface area contributed by atoms with Gasteiger partial charge in [-0.1, -0.05) is 94.3 Å². The Kier molecular flexibility index (Phi) is 9.16. The molecule has 3 N–H and O–H groups in total. The minimum atomic E-state index is -0.727. The summed E-state index contributed by atoms with van der Waals surface area (Å²) >= 11 is 0. The summed E-state index contributed by atoms with van der Waals surface area (Å²) in [4.78, 5) is 0. The first-order valence-corrected chi connectivity index (χ1v) is 13.1. The SMILES string of the molecule is CCCC1C(O)=C2CC=C(CCc3cccc(/C(=C/C=C/C(O)(CC)CC)CC)c3)C=C2C1O. The topological polar surface area (TPSA) is 60.7 Å². The van der Waals surface area contributed by atoms with Crippen molar-refractivity contribution in [1.82, 2.24) is 0 Å². The van der Waals surface area contributed by atoms with E-state index in [1.54, 1.807) is 0 Å². The van der Waals surface area contributed by atoms with Crippen molar-refractivity contribution in [2.45, 2.75) is 90.8 Å². The Labute approximate surface area is 205 Å². The molecule has 0 aliphatic heterocycles. The highest BCUT2D eigenvalue weighted by Gasteiger charge is 2.37. The monoisotopic (exact) mass is 462 g/mol. The van der Waals surface area contributed by atoms with Crippen molar-refractivity contribution >= 4 is 5.57 Å². The van der Waals surface area contributed by atoms with E-state index in [9.17, 15) is 15.3 Å². The van der Waals surface area contributed by atoms with Gasteiger partial charge in [0.05, 0.1) is 11.7 Å². The van der Waals surface area contributed by atoms with Gasteiger partial charge in [0.25, 0.3) is 0 Å². The zero-order valence-corrected chi connectivity index (χ0v) is 21.3. The van der Waals surface area contributed by atoms with Crippen LogP contribution in [0.15, 0.2) is 77.1 Å². The van der Waals surface area contributed by atoms with Crippen LogP contribution in [0.1, 0.15) is 83.8 Å². The number of aliphatic hydroxyl groups is 3. The molecule has 0 radical (unpaired) electrons. The van der Waals surface area contributed by atoms with E-state index in [1.807, 2.05) is 26.0 Å². The smallest absolute Gasteiger partial charge is 0.102 e. The van der Waals surface area contributed by atoms with E-state index < -0.39 is 11.7 Å². The maximum atomic E-state index is 10.7. The Balaban J connectivity index is 1.68. The van der Waals surface area contributed by atoms with Crippen molar-refractivity contribution in [2.75, 3.05) is 0 Å². The molecular formula is C31H42O3. The molecule has 2 aliphatic carbocycles. The predicted octanol–water partition coefficient (Wildman–Crippen LogP) is 7.38. The molecule has 2 aliphatic rings. The molecule has 184 valence electrons. The highest BCUT2D eigenvalue weighted by Crippen LogP contribution is 2.42. The second kappa shape index (κ2) is 11.9. The van der Waals surface area contributed by atoms with Gasteiger partial charge in [-0.25, -0.2) is 0 Å². The Bertz CT molecular complexity index is 1000. The van der Waals surface area contributed by atoms with Gasteiger partial charge in [-0.05, 0) is 72.8 Å². The number of hydrogen-bond acceptors (Lipinski definition) is 3. The molecule has 3 nitrogen and oxygen atoms in total. The summed E-state index contributed by atoms with van der Waals surface area (Å²) < 4.78 is 0. The Morgan fingerprint density at radius 2 is 1.88 bits per heavy atom. The van der Waals surface area contributed by atoms with Crippen molar-refractivity contribution < 1.29 is 15.3 Å². The van der Waals surface area contributed by atoms with Crippen LogP contribution in [0, 0.1) is 5.92 Å². The van der Waals surface area contributed by atoms with Crippen LogP contribution >= 0.6 is 0 Å². The van der Waals surface area contributed by atoms with E-state index in [2.05, 4.69) is 56.3 Å². The van der Waals surface area contributed by atoms with Gasteiger partial charge in [0.2, 0.25) is 0 Å². The fourth-order valence-corrected chi connectivity index (χ4v) is 5.05. The maximum Gasteiger partial charge on any atom is 0.102 e. The second-order valence-electron chi connectivity index (χ2n) is 9.70. The molecule has 3 rings (SSSR count). The van der Waals surface area contributed by atoms with Gasteiger partial charge in [-0.15, -0.1) is 0 Å². The van der Waals surface area contributed by atoms with Gasteiger partial charge >= 0.3 is 0 Å². The molecule has 1 aromatic rings. The summed E-state index contributed by atoms with van der Waals surface area (Å²) in [5.41, 5.74) is 6.13. The molecule has 0 saturated carbocycles. The quantitative estimate of drug-likeness (QED) is 0.301. The Morgan fingerprint density at radius 3 is 2.56 bits per heavy atom. The molecule has 0 spiro atoms. The highest BCUT2D eigenvalue weighted by atomic mass is 16.3. The standard InChI is InChI=1S/C31H42O3/c1-5-11-27-29(32)26-18-17-23(21-28(26)30(27)33)16-15-22-12-9-13-25(20-22)24(6-2)14-10-19-31(34,7-3)8-4/h9-10,12-14,17,19-21,27,30,32-34H,5-8,11,15-16,18H2,1-4H3/b19-10+,24-14+. The normalized spacial score (nSPS) is 21.2. The van der Waals surface area contributed by atoms with Gasteiger partial charge in [0, 0.05) is 5.92 Å². The van der Waals surface area contributed by atoms with E-state index in [0.29, 0.717) is 25.0 Å². The molecule has 0 amide bonds. The van der Waals surface area contributed by atoms with Crippen molar-refractivity contribution in [3.8, 4) is 0 Å². The number of fused-ring (bicyclic) bond motifs is 1. The third kappa shape index (κ3) is 6.00. The van der Waals surface area contributed by atoms with Crippen molar-refractivity contribution in [3.63, 3.8) is 0 Å². The van der Waals surface area contributed by atoms with Crippen molar-refractivity contribution in [3.05, 3.63) is 88.3 Å². The predicted molar refractivity (Wildman–Crippen MR) is 143 cm³/mol. The zero-order chi connectivity index (χ0) is 24.7. The van der Waals surface area contributed by atoms with Crippen molar-refractivity contribution in [2.24, 2.45) is 5.92 Å². The maximum absolute atomic E-state index is 10.7. The van der Waals surface area contributed by atoms with Crippen LogP contribution in [0.4, 0.5) is 0 Å². The number of aryl methyl sites for hydroxylation is 1. The number of aliphatic hydroxyl groups excluding tert-OH is 2. The van der Waals surface area contributed by atoms with Crippen LogP contribution in [0.3, 0.4) is 0 Å². The summed E-state index contributed by atoms with van der Waals surface area (Å²) in [6.07, 6.45) is 16.4. The lowest BCUT2D eigenvalue weighted by molar-refractivity contribution is 0.0828. The van der Waals surface area contributed by atoms with Gasteiger partial charge in [-0.2, -0.15) is 0 Å². The van der Waals surface area contributed by atoms with Crippen molar-refractivity contribution in [1.29, 1.82) is 0 Å². The molecule has 0 heterocycles. The first-order chi connectivity index (χ1) is 16.4. The van der Waals surface area contributed by atoms with Crippen LogP contribution in [0.2, 0.25) is 0 Å². The minimum absolute atomic E-state index is 0.144. The summed E-state index contributed by atoms with van der Waals surface area (Å²) in [5.74, 6) is 0.252. The minimum Gasteiger partial charge on any atom is -0.512 e. The first kappa shape index (κ1) is 26.2. The number of allylic oxidation sites excluding steroid dienone is 6. The molecule has 2 unspecified atom stereocenters. The van der Waals surface area contributed by atoms with Gasteiger partial charge in [0.15, 0.2) is 0 Å². The van der Waals surface area contributed by atoms with E-state index in [-0.39, 0.29) is 5.92 Å². The molecule has 0 bridgehead atoms. The average Bonchev–Trinajstić information content (AvgIpc) is 3.10. The van der Waals surface area contributed by atoms with Crippen LogP contribution in [-0.2, 0) is 6.42 Å². The van der Waals surface area contributed by atoms with Crippen LogP contribution in [-0.4, -0.2) is 27.0 Å². The number of rotatable bonds is 11. The van der Waals surface area contributed by atoms with E-state index in [1.165, 1.54) is 22.3 Å². The molecule has 34 heavy (non-hydrogen) atoms. The summed E-state index contributed by atoms with van der Waals surface area (Å²) in [6, 6.07) is 8.72. The van der Waals surface area contributed by atoms with Gasteiger partial charge < -0.3 is 15.3 Å². The van der Waals surface area contributed by atoms with E-state index in [4.69, 9.17) is 0 Å². The van der Waals surface area contributed by atoms with Crippen LogP contribution in [0.5, 0.6) is 0 Å². The third-order valence-corrected chi connectivity index (χ3v) is 7.53. The Hall–Kier alpha value is -2.36. The molecule has 0 saturated heterocycles. The van der Waals surface area contributed by atoms with E-state index >= 15 is 0 Å². The fourth-order valence-electron chi connectivity index (χ4n) is 5.05. The lowest BCUT2D eigenvalue weighted by Gasteiger charge is -2.20. The fraction of sp³-hybridized carbons (Fsp3) is 0.484. The largest absolute Gasteiger partial charge is 0.512 e. The molecule has 0 fully saturated rings. The second-order valence-corrected chi connectivity index (χ2v) is 9.70. The molecule has 3 heteroatoms. The highest BCUT2D eigenvalue weighted by molar-refractivity contribution is 5.67. The number of hydrogen-bond donors (Lipinski definition) is 3. The zero-order valence-electron chi connectivity index (χ0n) is 21.3. The molecule has 2 atom stereocenters. The Morgan fingerprint density at radius 1 is 1.12 bits per heavy atom. The lowest BCUT2D eigenvalue weighted by atomic mass is 9.90. The summed E-state index contributed by atoms with van der Waals surface area (Å²) in [7, 11) is 0. The molecule has 0 aromatic heterocycles. The molecular weight excluding hydrogens is 420 g/mol. The summed E-state index contributed by atoms with van der Waals surface area (Å²) in [6.45, 7) is 8.27. The average molecular weight is 463 g/mol. The first-order valence-electron chi connectivity index (χ1n) is 13.1.